The zero-order valence-electron chi connectivity index (χ0n) is 11.2. The molecule has 0 aliphatic heterocycles. The first-order valence-electron chi connectivity index (χ1n) is 7.14. The first-order valence-corrected chi connectivity index (χ1v) is 7.14. The highest BCUT2D eigenvalue weighted by molar-refractivity contribution is 5.21. The number of rotatable bonds is 6. The van der Waals surface area contributed by atoms with Gasteiger partial charge in [-0.3, -0.25) is 0 Å². The Kier molecular flexibility index (Phi) is 4.66. The van der Waals surface area contributed by atoms with Crippen molar-refractivity contribution in [3.63, 3.8) is 0 Å². The van der Waals surface area contributed by atoms with Crippen molar-refractivity contribution < 1.29 is 4.42 Å². The van der Waals surface area contributed by atoms with E-state index in [2.05, 4.69) is 25.2 Å². The maximum Gasteiger partial charge on any atom is 0.108 e. The molecule has 0 amide bonds. The zero-order valence-corrected chi connectivity index (χ0v) is 11.2. The Hall–Kier alpha value is -0.760. The van der Waals surface area contributed by atoms with Gasteiger partial charge in [0.2, 0.25) is 0 Å². The Balaban J connectivity index is 2.04. The van der Waals surface area contributed by atoms with Crippen molar-refractivity contribution in [2.75, 3.05) is 6.54 Å². The molecule has 1 aliphatic carbocycles. The number of hydrogen-bond donors (Lipinski definition) is 1. The molecule has 1 unspecified atom stereocenters. The van der Waals surface area contributed by atoms with Crippen molar-refractivity contribution in [1.29, 1.82) is 0 Å². The lowest BCUT2D eigenvalue weighted by molar-refractivity contribution is 0.393. The Labute approximate surface area is 105 Å². The Morgan fingerprint density at radius 3 is 2.76 bits per heavy atom. The van der Waals surface area contributed by atoms with Crippen LogP contribution in [0.4, 0.5) is 0 Å². The van der Waals surface area contributed by atoms with Crippen LogP contribution in [0.5, 0.6) is 0 Å². The molecule has 1 N–H and O–H groups in total. The van der Waals surface area contributed by atoms with Crippen molar-refractivity contribution in [2.24, 2.45) is 5.92 Å². The molecule has 1 heterocycles. The van der Waals surface area contributed by atoms with Gasteiger partial charge in [0.25, 0.3) is 0 Å². The molecule has 2 nitrogen and oxygen atoms in total. The van der Waals surface area contributed by atoms with Crippen LogP contribution in [0, 0.1) is 5.92 Å². The largest absolute Gasteiger partial charge is 0.469 e. The van der Waals surface area contributed by atoms with Gasteiger partial charge in [0.05, 0.1) is 6.26 Å². The summed E-state index contributed by atoms with van der Waals surface area (Å²) in [6.07, 6.45) is 9.80. The lowest BCUT2D eigenvalue weighted by Crippen LogP contribution is -2.23. The minimum Gasteiger partial charge on any atom is -0.469 e. The van der Waals surface area contributed by atoms with Crippen LogP contribution in [-0.4, -0.2) is 6.54 Å². The van der Waals surface area contributed by atoms with E-state index in [1.54, 1.807) is 0 Å². The number of nitrogens with one attached hydrogen (secondary N) is 1. The molecule has 1 atom stereocenters. The minimum absolute atomic E-state index is 0.497. The molecule has 1 saturated carbocycles. The summed E-state index contributed by atoms with van der Waals surface area (Å²) in [6.45, 7) is 5.39. The fourth-order valence-electron chi connectivity index (χ4n) is 3.09. The fraction of sp³-hybridized carbons (Fsp3) is 0.733. The summed E-state index contributed by atoms with van der Waals surface area (Å²) in [5.41, 5.74) is 1.39. The van der Waals surface area contributed by atoms with E-state index in [4.69, 9.17) is 4.42 Å². The van der Waals surface area contributed by atoms with E-state index in [9.17, 15) is 0 Å². The molecule has 0 spiro atoms. The van der Waals surface area contributed by atoms with Crippen LogP contribution in [0.2, 0.25) is 0 Å². The predicted octanol–water partition coefficient (Wildman–Crippen LogP) is 4.07. The average Bonchev–Trinajstić information content (AvgIpc) is 2.98. The molecular weight excluding hydrogens is 210 g/mol. The van der Waals surface area contributed by atoms with Gasteiger partial charge in [-0.25, -0.2) is 0 Å². The summed E-state index contributed by atoms with van der Waals surface area (Å²) in [5, 5.41) is 3.63. The molecule has 17 heavy (non-hydrogen) atoms. The van der Waals surface area contributed by atoms with E-state index in [0.29, 0.717) is 6.04 Å². The topological polar surface area (TPSA) is 25.2 Å². The lowest BCUT2D eigenvalue weighted by atomic mass is 9.93. The highest BCUT2D eigenvalue weighted by Crippen LogP contribution is 2.34. The number of furan rings is 1. The SMILES string of the molecule is CCNC(CC1CCCC1)c1ccoc1CC. The molecule has 2 rings (SSSR count). The molecule has 1 aromatic rings. The van der Waals surface area contributed by atoms with Crippen molar-refractivity contribution in [2.45, 2.75) is 58.4 Å². The molecule has 0 saturated heterocycles. The average molecular weight is 235 g/mol. The standard InChI is InChI=1S/C15H25NO/c1-3-15-13(9-10-17-15)14(16-4-2)11-12-7-5-6-8-12/h9-10,12,14,16H,3-8,11H2,1-2H3. The fourth-order valence-corrected chi connectivity index (χ4v) is 3.09. The van der Waals surface area contributed by atoms with Gasteiger partial charge < -0.3 is 9.73 Å². The normalized spacial score (nSPS) is 18.7. The van der Waals surface area contributed by atoms with Crippen molar-refractivity contribution in [1.82, 2.24) is 5.32 Å². The highest BCUT2D eigenvalue weighted by atomic mass is 16.3. The van der Waals surface area contributed by atoms with Gasteiger partial charge in [-0.05, 0) is 24.9 Å². The van der Waals surface area contributed by atoms with E-state index < -0.39 is 0 Å². The van der Waals surface area contributed by atoms with Crippen molar-refractivity contribution >= 4 is 0 Å². The predicted molar refractivity (Wildman–Crippen MR) is 71.1 cm³/mol. The van der Waals surface area contributed by atoms with Gasteiger partial charge in [-0.1, -0.05) is 39.5 Å². The maximum atomic E-state index is 5.57. The van der Waals surface area contributed by atoms with Crippen molar-refractivity contribution in [3.05, 3.63) is 23.7 Å². The lowest BCUT2D eigenvalue weighted by Gasteiger charge is -2.21. The monoisotopic (exact) mass is 235 g/mol. The molecule has 96 valence electrons. The Bertz CT molecular complexity index is 325. The van der Waals surface area contributed by atoms with Gasteiger partial charge in [-0.15, -0.1) is 0 Å². The quantitative estimate of drug-likeness (QED) is 0.804. The van der Waals surface area contributed by atoms with Crippen molar-refractivity contribution in [3.8, 4) is 0 Å². The second-order valence-corrected chi connectivity index (χ2v) is 5.15. The zero-order chi connectivity index (χ0) is 12.1. The summed E-state index contributed by atoms with van der Waals surface area (Å²) in [5.74, 6) is 2.08. The van der Waals surface area contributed by atoms with Crippen LogP contribution in [-0.2, 0) is 6.42 Å². The number of hydrogen-bond acceptors (Lipinski definition) is 2. The highest BCUT2D eigenvalue weighted by Gasteiger charge is 2.23. The van der Waals surface area contributed by atoms with E-state index in [0.717, 1.165) is 24.6 Å². The summed E-state index contributed by atoms with van der Waals surface area (Å²) in [7, 11) is 0. The molecule has 0 radical (unpaired) electrons. The molecule has 0 bridgehead atoms. The third kappa shape index (κ3) is 3.12. The smallest absolute Gasteiger partial charge is 0.108 e. The van der Waals surface area contributed by atoms with Crippen LogP contribution in [0.3, 0.4) is 0 Å². The maximum absolute atomic E-state index is 5.57. The van der Waals surface area contributed by atoms with E-state index in [-0.39, 0.29) is 0 Å². The second kappa shape index (κ2) is 6.25. The van der Waals surface area contributed by atoms with Crippen LogP contribution in [0.25, 0.3) is 0 Å². The Morgan fingerprint density at radius 2 is 2.12 bits per heavy atom. The first-order chi connectivity index (χ1) is 8.35. The van der Waals surface area contributed by atoms with Crippen LogP contribution in [0.1, 0.15) is 63.3 Å². The van der Waals surface area contributed by atoms with Gasteiger partial charge in [0.15, 0.2) is 0 Å². The second-order valence-electron chi connectivity index (χ2n) is 5.15. The van der Waals surface area contributed by atoms with Gasteiger partial charge in [0.1, 0.15) is 5.76 Å². The summed E-state index contributed by atoms with van der Waals surface area (Å²) in [6, 6.07) is 2.65. The van der Waals surface area contributed by atoms with Gasteiger partial charge in [0, 0.05) is 18.0 Å². The molecule has 0 aromatic carbocycles. The van der Waals surface area contributed by atoms with Gasteiger partial charge in [-0.2, -0.15) is 0 Å². The summed E-state index contributed by atoms with van der Waals surface area (Å²) < 4.78 is 5.57. The first kappa shape index (κ1) is 12.7. The minimum atomic E-state index is 0.497. The number of aryl methyl sites for hydroxylation is 1. The summed E-state index contributed by atoms with van der Waals surface area (Å²) >= 11 is 0. The van der Waals surface area contributed by atoms with Crippen LogP contribution < -0.4 is 5.32 Å². The van der Waals surface area contributed by atoms with Crippen LogP contribution >= 0.6 is 0 Å². The summed E-state index contributed by atoms with van der Waals surface area (Å²) in [4.78, 5) is 0. The Morgan fingerprint density at radius 1 is 1.35 bits per heavy atom. The molecule has 1 fully saturated rings. The molecule has 1 aliphatic rings. The van der Waals surface area contributed by atoms with E-state index in [1.165, 1.54) is 37.7 Å². The van der Waals surface area contributed by atoms with Gasteiger partial charge >= 0.3 is 0 Å². The molecular formula is C15H25NO. The third-order valence-electron chi connectivity index (χ3n) is 3.97. The molecule has 2 heteroatoms. The van der Waals surface area contributed by atoms with E-state index >= 15 is 0 Å². The van der Waals surface area contributed by atoms with Crippen LogP contribution in [0.15, 0.2) is 16.7 Å². The third-order valence-corrected chi connectivity index (χ3v) is 3.97. The van der Waals surface area contributed by atoms with E-state index in [1.807, 2.05) is 6.26 Å². The molecule has 1 aromatic heterocycles.